The fourth-order valence-corrected chi connectivity index (χ4v) is 4.72. The van der Waals surface area contributed by atoms with Crippen molar-refractivity contribution in [2.24, 2.45) is 0 Å². The summed E-state index contributed by atoms with van der Waals surface area (Å²) in [6.45, 7) is 0. The van der Waals surface area contributed by atoms with Gasteiger partial charge in [0.15, 0.2) is 0 Å². The maximum absolute atomic E-state index is 13.5. The van der Waals surface area contributed by atoms with Gasteiger partial charge in [0, 0.05) is 16.3 Å². The third-order valence-electron chi connectivity index (χ3n) is 4.98. The van der Waals surface area contributed by atoms with Gasteiger partial charge < -0.3 is 0 Å². The number of pyridine rings is 1. The van der Waals surface area contributed by atoms with Crippen molar-refractivity contribution < 1.29 is 4.39 Å². The maximum atomic E-state index is 13.5. The lowest BCUT2D eigenvalue weighted by molar-refractivity contribution is 0.626. The number of thioether (sulfide) groups is 1. The summed E-state index contributed by atoms with van der Waals surface area (Å²) in [7, 11) is 0. The van der Waals surface area contributed by atoms with Crippen molar-refractivity contribution in [3.05, 3.63) is 81.6 Å². The predicted molar refractivity (Wildman–Crippen MR) is 112 cm³/mol. The van der Waals surface area contributed by atoms with Gasteiger partial charge in [0.2, 0.25) is 0 Å². The van der Waals surface area contributed by atoms with Gasteiger partial charge in [-0.05, 0) is 66.6 Å². The molecule has 2 aromatic carbocycles. The Balaban J connectivity index is 1.77. The van der Waals surface area contributed by atoms with Crippen LogP contribution in [0.25, 0.3) is 11.3 Å². The van der Waals surface area contributed by atoms with Gasteiger partial charge in [-0.25, -0.2) is 9.37 Å². The molecule has 140 valence electrons. The second kappa shape index (κ2) is 8.34. The van der Waals surface area contributed by atoms with Gasteiger partial charge in [0.25, 0.3) is 0 Å². The summed E-state index contributed by atoms with van der Waals surface area (Å²) in [6, 6.07) is 16.6. The van der Waals surface area contributed by atoms with E-state index >= 15 is 0 Å². The van der Waals surface area contributed by atoms with E-state index in [9.17, 15) is 9.65 Å². The number of benzene rings is 2. The molecule has 1 aliphatic carbocycles. The maximum Gasteiger partial charge on any atom is 0.123 e. The first-order valence-corrected chi connectivity index (χ1v) is 10.6. The molecule has 3 aromatic rings. The molecule has 1 aromatic heterocycles. The van der Waals surface area contributed by atoms with Crippen molar-refractivity contribution in [1.82, 2.24) is 4.98 Å². The van der Waals surface area contributed by atoms with E-state index in [1.165, 1.54) is 29.5 Å². The largest absolute Gasteiger partial charge is 0.240 e. The van der Waals surface area contributed by atoms with E-state index in [1.807, 2.05) is 30.3 Å². The van der Waals surface area contributed by atoms with Gasteiger partial charge in [-0.2, -0.15) is 5.26 Å². The van der Waals surface area contributed by atoms with Crippen LogP contribution >= 0.6 is 23.4 Å². The lowest BCUT2D eigenvalue weighted by Gasteiger charge is -2.22. The van der Waals surface area contributed by atoms with E-state index < -0.39 is 0 Å². The summed E-state index contributed by atoms with van der Waals surface area (Å²) in [5.41, 5.74) is 5.80. The number of fused-ring (bicyclic) bond motifs is 1. The molecule has 1 heterocycles. The second-order valence-corrected chi connectivity index (χ2v) is 8.24. The van der Waals surface area contributed by atoms with Crippen molar-refractivity contribution in [2.45, 2.75) is 36.5 Å². The number of hydrogen-bond acceptors (Lipinski definition) is 3. The van der Waals surface area contributed by atoms with Crippen LogP contribution in [0.15, 0.2) is 53.6 Å². The molecule has 0 atom stereocenters. The smallest absolute Gasteiger partial charge is 0.123 e. The average Bonchev–Trinajstić information content (AvgIpc) is 2.72. The second-order valence-electron chi connectivity index (χ2n) is 6.84. The molecule has 0 aliphatic heterocycles. The van der Waals surface area contributed by atoms with Crippen LogP contribution in [0, 0.1) is 17.1 Å². The first-order valence-electron chi connectivity index (χ1n) is 9.24. The summed E-state index contributed by atoms with van der Waals surface area (Å²) in [5, 5.41) is 11.2. The number of nitriles is 1. The van der Waals surface area contributed by atoms with Gasteiger partial charge in [0.05, 0.1) is 11.3 Å². The molecule has 0 amide bonds. The molecule has 0 saturated carbocycles. The summed E-state index contributed by atoms with van der Waals surface area (Å²) >= 11 is 7.55. The van der Waals surface area contributed by atoms with E-state index in [0.29, 0.717) is 16.3 Å². The molecular formula is C23H18ClFN2S. The quantitative estimate of drug-likeness (QED) is 0.457. The molecular weight excluding hydrogens is 391 g/mol. The Morgan fingerprint density at radius 3 is 2.54 bits per heavy atom. The lowest BCUT2D eigenvalue weighted by Crippen LogP contribution is -2.10. The Morgan fingerprint density at radius 1 is 1.07 bits per heavy atom. The third-order valence-corrected chi connectivity index (χ3v) is 6.28. The zero-order valence-corrected chi connectivity index (χ0v) is 16.8. The fourth-order valence-electron chi connectivity index (χ4n) is 3.64. The molecule has 28 heavy (non-hydrogen) atoms. The minimum absolute atomic E-state index is 0.251. The molecule has 0 spiro atoms. The van der Waals surface area contributed by atoms with Gasteiger partial charge in [-0.1, -0.05) is 35.9 Å². The van der Waals surface area contributed by atoms with Gasteiger partial charge >= 0.3 is 0 Å². The van der Waals surface area contributed by atoms with Crippen LogP contribution in [0.5, 0.6) is 0 Å². The van der Waals surface area contributed by atoms with Crippen LogP contribution in [0.3, 0.4) is 0 Å². The van der Waals surface area contributed by atoms with E-state index in [4.69, 9.17) is 16.6 Å². The highest BCUT2D eigenvalue weighted by atomic mass is 35.5. The summed E-state index contributed by atoms with van der Waals surface area (Å²) in [4.78, 5) is 4.90. The molecule has 0 N–H and O–H groups in total. The van der Waals surface area contributed by atoms with Crippen molar-refractivity contribution in [1.29, 1.82) is 5.26 Å². The number of hydrogen-bond donors (Lipinski definition) is 0. The number of rotatable bonds is 4. The Morgan fingerprint density at radius 2 is 1.82 bits per heavy atom. The number of aromatic nitrogens is 1. The minimum Gasteiger partial charge on any atom is -0.240 e. The van der Waals surface area contributed by atoms with Crippen LogP contribution in [-0.2, 0) is 18.6 Å². The van der Waals surface area contributed by atoms with Crippen LogP contribution in [0.4, 0.5) is 4.39 Å². The van der Waals surface area contributed by atoms with E-state index in [2.05, 4.69) is 6.07 Å². The standard InChI is InChI=1S/C23H18ClFN2S/c24-17-10-8-16(9-11-17)22-20-7-2-1-6-19(20)21(13-26)23(27-22)28-14-15-4-3-5-18(25)12-15/h3-5,8-12H,1-2,6-7,14H2. The molecule has 4 rings (SSSR count). The van der Waals surface area contributed by atoms with Crippen LogP contribution in [0.2, 0.25) is 5.02 Å². The average molecular weight is 409 g/mol. The van der Waals surface area contributed by atoms with Crippen LogP contribution in [0.1, 0.15) is 35.1 Å². The van der Waals surface area contributed by atoms with E-state index in [1.54, 1.807) is 6.07 Å². The Bertz CT molecular complexity index is 1060. The monoisotopic (exact) mass is 408 g/mol. The Hall–Kier alpha value is -2.35. The number of nitrogens with zero attached hydrogens (tertiary/aromatic N) is 2. The SMILES string of the molecule is N#Cc1c(SCc2cccc(F)c2)nc(-c2ccc(Cl)cc2)c2c1CCCC2. The molecule has 0 bridgehead atoms. The highest BCUT2D eigenvalue weighted by Gasteiger charge is 2.23. The summed E-state index contributed by atoms with van der Waals surface area (Å²) in [6.07, 6.45) is 4.02. The lowest BCUT2D eigenvalue weighted by atomic mass is 9.86. The number of halogens is 2. The highest BCUT2D eigenvalue weighted by Crippen LogP contribution is 2.37. The Labute approximate surface area is 173 Å². The third kappa shape index (κ3) is 3.92. The van der Waals surface area contributed by atoms with Gasteiger partial charge in [-0.15, -0.1) is 11.8 Å². The van der Waals surface area contributed by atoms with Crippen LogP contribution in [-0.4, -0.2) is 4.98 Å². The van der Waals surface area contributed by atoms with Crippen molar-refractivity contribution >= 4 is 23.4 Å². The zero-order chi connectivity index (χ0) is 19.5. The first kappa shape index (κ1) is 19.0. The molecule has 0 radical (unpaired) electrons. The molecule has 0 unspecified atom stereocenters. The zero-order valence-electron chi connectivity index (χ0n) is 15.2. The van der Waals surface area contributed by atoms with E-state index in [0.717, 1.165) is 53.1 Å². The molecule has 1 aliphatic rings. The highest BCUT2D eigenvalue weighted by molar-refractivity contribution is 7.98. The van der Waals surface area contributed by atoms with Crippen molar-refractivity contribution in [3.8, 4) is 17.3 Å². The summed E-state index contributed by atoms with van der Waals surface area (Å²) in [5.74, 6) is 0.317. The first-order chi connectivity index (χ1) is 13.7. The predicted octanol–water partition coefficient (Wildman–Crippen LogP) is 6.58. The minimum atomic E-state index is -0.251. The van der Waals surface area contributed by atoms with Crippen molar-refractivity contribution in [2.75, 3.05) is 0 Å². The van der Waals surface area contributed by atoms with Gasteiger partial charge in [0.1, 0.15) is 16.9 Å². The molecule has 0 fully saturated rings. The molecule has 0 saturated heterocycles. The van der Waals surface area contributed by atoms with Gasteiger partial charge in [-0.3, -0.25) is 0 Å². The molecule has 5 heteroatoms. The van der Waals surface area contributed by atoms with Crippen molar-refractivity contribution in [3.63, 3.8) is 0 Å². The fraction of sp³-hybridized carbons (Fsp3) is 0.217. The van der Waals surface area contributed by atoms with E-state index in [-0.39, 0.29) is 5.82 Å². The topological polar surface area (TPSA) is 36.7 Å². The Kier molecular flexibility index (Phi) is 5.66. The summed E-state index contributed by atoms with van der Waals surface area (Å²) < 4.78 is 13.5. The van der Waals surface area contributed by atoms with Crippen LogP contribution < -0.4 is 0 Å². The molecule has 2 nitrogen and oxygen atoms in total. The normalized spacial score (nSPS) is 13.0.